The van der Waals surface area contributed by atoms with E-state index >= 15 is 0 Å². The molecular formula is C19H33F6N5O. The molecule has 6 N–H and O–H groups in total. The Hall–Kier alpha value is -0.660. The summed E-state index contributed by atoms with van der Waals surface area (Å²) in [6.07, 6.45) is -10.6. The number of ether oxygens (including phenoxy) is 1. The van der Waals surface area contributed by atoms with E-state index in [1.807, 2.05) is 13.8 Å². The quantitative estimate of drug-likeness (QED) is 0.387. The first kappa shape index (κ1) is 25.0. The smallest absolute Gasteiger partial charge is 0.340 e. The summed E-state index contributed by atoms with van der Waals surface area (Å²) in [6, 6.07) is -1.95. The van der Waals surface area contributed by atoms with Gasteiger partial charge in [0.25, 0.3) is 0 Å². The number of piperidine rings is 1. The standard InChI is InChI=1S/C19H33F6N5O/c1-9(2)13-7-5-3-4-6-10(18(20,21)22)16-29-30-17(31-16)14-12(26)8-11(19(23,24)25)15(27-13)28-14/h9-17,27-30H,3-8,26H2,1-2H3/t10-,11?,12?,13?,14?,15?,16?,17?/m1/s1. The molecule has 6 nitrogen and oxygen atoms in total. The summed E-state index contributed by atoms with van der Waals surface area (Å²) in [5.74, 6) is -3.36. The van der Waals surface area contributed by atoms with Crippen molar-refractivity contribution in [3.8, 4) is 0 Å². The zero-order valence-corrected chi connectivity index (χ0v) is 17.7. The first-order chi connectivity index (χ1) is 14.4. The lowest BCUT2D eigenvalue weighted by molar-refractivity contribution is -0.215. The highest BCUT2D eigenvalue weighted by Gasteiger charge is 2.54. The van der Waals surface area contributed by atoms with Crippen molar-refractivity contribution in [1.29, 1.82) is 0 Å². The van der Waals surface area contributed by atoms with Gasteiger partial charge >= 0.3 is 12.4 Å². The van der Waals surface area contributed by atoms with Gasteiger partial charge in [-0.2, -0.15) is 26.3 Å². The van der Waals surface area contributed by atoms with E-state index in [1.54, 1.807) is 0 Å². The minimum Gasteiger partial charge on any atom is -0.340 e. The van der Waals surface area contributed by atoms with Crippen LogP contribution < -0.4 is 27.2 Å². The number of hydrazine groups is 1. The maximum absolute atomic E-state index is 13.8. The number of hydrogen-bond donors (Lipinski definition) is 5. The molecule has 0 aromatic rings. The lowest BCUT2D eigenvalue weighted by Gasteiger charge is -2.45. The van der Waals surface area contributed by atoms with E-state index < -0.39 is 54.9 Å². The van der Waals surface area contributed by atoms with Crippen molar-refractivity contribution >= 4 is 0 Å². The van der Waals surface area contributed by atoms with Crippen molar-refractivity contribution in [1.82, 2.24) is 21.5 Å². The Morgan fingerprint density at radius 3 is 2.06 bits per heavy atom. The van der Waals surface area contributed by atoms with Gasteiger partial charge in [-0.1, -0.05) is 33.1 Å². The first-order valence-corrected chi connectivity index (χ1v) is 11.0. The third-order valence-electron chi connectivity index (χ3n) is 6.68. The van der Waals surface area contributed by atoms with Crippen molar-refractivity contribution in [2.24, 2.45) is 23.5 Å². The number of fused-ring (bicyclic) bond motifs is 5. The maximum atomic E-state index is 13.8. The molecule has 3 aliphatic rings. The Balaban J connectivity index is 1.87. The molecule has 3 rings (SSSR count). The van der Waals surface area contributed by atoms with Gasteiger partial charge in [0, 0.05) is 12.1 Å². The average Bonchev–Trinajstić information content (AvgIpc) is 3.10. The van der Waals surface area contributed by atoms with Gasteiger partial charge < -0.3 is 10.5 Å². The molecule has 3 aliphatic heterocycles. The molecule has 12 heteroatoms. The summed E-state index contributed by atoms with van der Waals surface area (Å²) in [5.41, 5.74) is 11.3. The fourth-order valence-corrected chi connectivity index (χ4v) is 4.81. The van der Waals surface area contributed by atoms with Crippen LogP contribution in [-0.2, 0) is 4.74 Å². The molecule has 4 bridgehead atoms. The highest BCUT2D eigenvalue weighted by Crippen LogP contribution is 2.38. The summed E-state index contributed by atoms with van der Waals surface area (Å²) in [4.78, 5) is 0. The molecule has 0 spiro atoms. The van der Waals surface area contributed by atoms with Gasteiger partial charge in [-0.3, -0.25) is 10.6 Å². The van der Waals surface area contributed by atoms with Crippen LogP contribution in [0, 0.1) is 17.8 Å². The van der Waals surface area contributed by atoms with Gasteiger partial charge in [-0.25, -0.2) is 10.9 Å². The van der Waals surface area contributed by atoms with Crippen molar-refractivity contribution in [3.63, 3.8) is 0 Å². The molecule has 3 fully saturated rings. The van der Waals surface area contributed by atoms with Crippen molar-refractivity contribution in [3.05, 3.63) is 0 Å². The zero-order valence-electron chi connectivity index (χ0n) is 17.7. The van der Waals surface area contributed by atoms with Crippen molar-refractivity contribution < 1.29 is 31.1 Å². The Morgan fingerprint density at radius 1 is 0.839 bits per heavy atom. The molecule has 3 saturated heterocycles. The molecule has 31 heavy (non-hydrogen) atoms. The molecule has 3 heterocycles. The number of nitrogens with two attached hydrogens (primary N) is 1. The van der Waals surface area contributed by atoms with E-state index in [0.717, 1.165) is 0 Å². The minimum atomic E-state index is -4.47. The van der Waals surface area contributed by atoms with E-state index in [1.165, 1.54) is 0 Å². The van der Waals surface area contributed by atoms with Crippen molar-refractivity contribution in [2.75, 3.05) is 0 Å². The van der Waals surface area contributed by atoms with E-state index in [9.17, 15) is 26.3 Å². The Bertz CT molecular complexity index is 589. The predicted molar refractivity (Wildman–Crippen MR) is 102 cm³/mol. The zero-order chi connectivity index (χ0) is 23.0. The van der Waals surface area contributed by atoms with E-state index in [4.69, 9.17) is 10.5 Å². The third kappa shape index (κ3) is 6.02. The molecule has 0 amide bonds. The average molecular weight is 461 g/mol. The molecule has 0 aromatic heterocycles. The molecule has 7 unspecified atom stereocenters. The van der Waals surface area contributed by atoms with E-state index in [0.29, 0.717) is 25.7 Å². The molecule has 182 valence electrons. The predicted octanol–water partition coefficient (Wildman–Crippen LogP) is 2.71. The highest BCUT2D eigenvalue weighted by molar-refractivity contribution is 5.00. The summed E-state index contributed by atoms with van der Waals surface area (Å²) in [7, 11) is 0. The van der Waals surface area contributed by atoms with Crippen LogP contribution in [0.5, 0.6) is 0 Å². The Labute approximate surface area is 178 Å². The second kappa shape index (κ2) is 9.68. The molecule has 0 radical (unpaired) electrons. The van der Waals surface area contributed by atoms with Gasteiger partial charge in [0.15, 0.2) is 0 Å². The molecule has 0 saturated carbocycles. The summed E-state index contributed by atoms with van der Waals surface area (Å²) in [5, 5.41) is 6.05. The molecule has 0 aliphatic carbocycles. The summed E-state index contributed by atoms with van der Waals surface area (Å²) >= 11 is 0. The van der Waals surface area contributed by atoms with E-state index in [2.05, 4.69) is 21.5 Å². The van der Waals surface area contributed by atoms with Gasteiger partial charge in [-0.15, -0.1) is 0 Å². The topological polar surface area (TPSA) is 83.4 Å². The van der Waals surface area contributed by atoms with Gasteiger partial charge in [-0.05, 0) is 25.2 Å². The van der Waals surface area contributed by atoms with Crippen LogP contribution in [0.3, 0.4) is 0 Å². The normalized spacial score (nSPS) is 41.2. The minimum absolute atomic E-state index is 0.0625. The van der Waals surface area contributed by atoms with Crippen LogP contribution in [0.2, 0.25) is 0 Å². The second-order valence-electron chi connectivity index (χ2n) is 9.29. The molecular weight excluding hydrogens is 428 g/mol. The van der Waals surface area contributed by atoms with Gasteiger partial charge in [0.1, 0.15) is 12.5 Å². The maximum Gasteiger partial charge on any atom is 0.395 e. The second-order valence-corrected chi connectivity index (χ2v) is 9.29. The van der Waals surface area contributed by atoms with Crippen molar-refractivity contribution in [2.45, 2.75) is 101 Å². The SMILES string of the molecule is CC(C)C1CCCCC[C@@H](C(F)(F)F)C2NNC(O2)C2NC(N1)C(C(F)(F)F)CC2N. The van der Waals surface area contributed by atoms with Crippen LogP contribution in [-0.4, -0.2) is 49.1 Å². The number of nitrogens with one attached hydrogen (secondary N) is 4. The van der Waals surface area contributed by atoms with Crippen LogP contribution in [0.15, 0.2) is 0 Å². The monoisotopic (exact) mass is 461 g/mol. The largest absolute Gasteiger partial charge is 0.395 e. The Kier molecular flexibility index (Phi) is 7.80. The summed E-state index contributed by atoms with van der Waals surface area (Å²) in [6.45, 7) is 3.84. The third-order valence-corrected chi connectivity index (χ3v) is 6.68. The van der Waals surface area contributed by atoms with Crippen LogP contribution in [0.1, 0.15) is 52.4 Å². The molecule has 8 atom stereocenters. The van der Waals surface area contributed by atoms with Crippen LogP contribution >= 0.6 is 0 Å². The van der Waals surface area contributed by atoms with Crippen LogP contribution in [0.25, 0.3) is 0 Å². The first-order valence-electron chi connectivity index (χ1n) is 11.0. The van der Waals surface area contributed by atoms with Crippen LogP contribution in [0.4, 0.5) is 26.3 Å². The lowest BCUT2D eigenvalue weighted by atomic mass is 9.85. The van der Waals surface area contributed by atoms with Gasteiger partial charge in [0.05, 0.1) is 24.0 Å². The number of halogens is 6. The Morgan fingerprint density at radius 2 is 1.45 bits per heavy atom. The summed E-state index contributed by atoms with van der Waals surface area (Å²) < 4.78 is 87.8. The highest BCUT2D eigenvalue weighted by atomic mass is 19.4. The number of rotatable bonds is 1. The fraction of sp³-hybridized carbons (Fsp3) is 1.00. The molecule has 0 aromatic carbocycles. The number of alkyl halides is 6. The van der Waals surface area contributed by atoms with Gasteiger partial charge in [0.2, 0.25) is 0 Å². The fourth-order valence-electron chi connectivity index (χ4n) is 4.81. The van der Waals surface area contributed by atoms with E-state index in [-0.39, 0.29) is 24.8 Å². The lowest BCUT2D eigenvalue weighted by Crippen LogP contribution is -2.70. The number of hydrogen-bond acceptors (Lipinski definition) is 6.